The van der Waals surface area contributed by atoms with Crippen LogP contribution in [0.1, 0.15) is 38.8 Å². The fraction of sp³-hybridized carbons (Fsp3) is 0.480. The number of benzene rings is 1. The van der Waals surface area contributed by atoms with Gasteiger partial charge in [0, 0.05) is 18.6 Å². The number of alkyl halides is 3. The summed E-state index contributed by atoms with van der Waals surface area (Å²) in [7, 11) is -2.51. The van der Waals surface area contributed by atoms with E-state index in [0.717, 1.165) is 16.8 Å². The summed E-state index contributed by atoms with van der Waals surface area (Å²) in [4.78, 5) is 0. The second-order valence-electron chi connectivity index (χ2n) is 9.79. The quantitative estimate of drug-likeness (QED) is 0.481. The van der Waals surface area contributed by atoms with Crippen LogP contribution in [0, 0.1) is 17.7 Å². The second-order valence-corrected chi connectivity index (χ2v) is 11.9. The molecule has 3 unspecified atom stereocenters. The summed E-state index contributed by atoms with van der Waals surface area (Å²) in [6.07, 6.45) is 0.264. The number of allylic oxidation sites excluding steroid dienone is 3. The summed E-state index contributed by atoms with van der Waals surface area (Å²) < 4.78 is 82.8. The van der Waals surface area contributed by atoms with Gasteiger partial charge >= 0.3 is 6.18 Å². The van der Waals surface area contributed by atoms with Gasteiger partial charge in [-0.2, -0.15) is 35.7 Å². The van der Waals surface area contributed by atoms with Crippen LogP contribution in [0.25, 0.3) is 17.3 Å². The number of nitrogens with zero attached hydrogens (tertiary/aromatic N) is 3. The molecule has 1 spiro atoms. The van der Waals surface area contributed by atoms with E-state index in [-0.39, 0.29) is 24.2 Å². The SMILES string of the molecule is CCC1CC(/C=C/c2cc(-c3ccc(F)cc3)n(C)n2)=C(Cl)CC(C)C12CN(CC(F)(F)F)S(=O)(=O)N2. The number of hydrogen-bond acceptors (Lipinski definition) is 3. The third-order valence-electron chi connectivity index (χ3n) is 7.35. The number of hydrogen-bond donors (Lipinski definition) is 1. The van der Waals surface area contributed by atoms with Gasteiger partial charge in [-0.15, -0.1) is 0 Å². The highest BCUT2D eigenvalue weighted by Crippen LogP contribution is 2.46. The summed E-state index contributed by atoms with van der Waals surface area (Å²) in [6, 6.07) is 7.95. The Hall–Kier alpha value is -2.21. The van der Waals surface area contributed by atoms with Crippen LogP contribution in [0.2, 0.25) is 0 Å². The van der Waals surface area contributed by atoms with Crippen molar-refractivity contribution in [3.05, 3.63) is 58.5 Å². The first-order chi connectivity index (χ1) is 17.2. The van der Waals surface area contributed by atoms with Crippen molar-refractivity contribution in [2.75, 3.05) is 13.1 Å². The molecule has 2 aromatic rings. The first-order valence-electron chi connectivity index (χ1n) is 12.0. The lowest BCUT2D eigenvalue weighted by Crippen LogP contribution is -2.54. The van der Waals surface area contributed by atoms with Gasteiger partial charge in [0.2, 0.25) is 0 Å². The first kappa shape index (κ1) is 27.8. The Balaban J connectivity index is 1.60. The van der Waals surface area contributed by atoms with Gasteiger partial charge in [-0.3, -0.25) is 4.68 Å². The normalized spacial score (nSPS) is 26.9. The van der Waals surface area contributed by atoms with E-state index in [2.05, 4.69) is 9.82 Å². The molecule has 2 heterocycles. The van der Waals surface area contributed by atoms with Crippen molar-refractivity contribution in [1.82, 2.24) is 18.8 Å². The van der Waals surface area contributed by atoms with Gasteiger partial charge in [-0.25, -0.2) is 4.39 Å². The van der Waals surface area contributed by atoms with Crippen molar-refractivity contribution in [1.29, 1.82) is 0 Å². The van der Waals surface area contributed by atoms with Crippen LogP contribution in [0.15, 0.2) is 47.0 Å². The third kappa shape index (κ3) is 5.79. The fourth-order valence-corrected chi connectivity index (χ4v) is 7.49. The van der Waals surface area contributed by atoms with Crippen LogP contribution < -0.4 is 4.72 Å². The van der Waals surface area contributed by atoms with Crippen molar-refractivity contribution in [2.24, 2.45) is 18.9 Å². The van der Waals surface area contributed by atoms with Gasteiger partial charge in [0.15, 0.2) is 0 Å². The van der Waals surface area contributed by atoms with E-state index in [0.29, 0.717) is 34.3 Å². The fourth-order valence-electron chi connectivity index (χ4n) is 5.38. The molecule has 202 valence electrons. The van der Waals surface area contributed by atoms with Crippen LogP contribution in [0.5, 0.6) is 0 Å². The van der Waals surface area contributed by atoms with E-state index in [4.69, 9.17) is 11.6 Å². The number of aromatic nitrogens is 2. The molecule has 1 aromatic heterocycles. The maximum absolute atomic E-state index is 13.3. The van der Waals surface area contributed by atoms with E-state index >= 15 is 0 Å². The lowest BCUT2D eigenvalue weighted by atomic mass is 9.72. The minimum absolute atomic E-state index is 0.267. The van der Waals surface area contributed by atoms with E-state index in [1.165, 1.54) is 12.1 Å². The number of halogens is 5. The summed E-state index contributed by atoms with van der Waals surface area (Å²) in [6.45, 7) is 1.92. The van der Waals surface area contributed by atoms with Crippen LogP contribution in [-0.2, 0) is 17.3 Å². The highest BCUT2D eigenvalue weighted by molar-refractivity contribution is 7.87. The molecule has 1 aliphatic heterocycles. The van der Waals surface area contributed by atoms with Gasteiger partial charge in [0.25, 0.3) is 10.2 Å². The van der Waals surface area contributed by atoms with E-state index in [1.54, 1.807) is 29.9 Å². The molecular formula is C25H29ClF4N4O2S. The Morgan fingerprint density at radius 1 is 1.22 bits per heavy atom. The van der Waals surface area contributed by atoms with Crippen molar-refractivity contribution in [2.45, 2.75) is 44.8 Å². The lowest BCUT2D eigenvalue weighted by molar-refractivity contribution is -0.136. The molecule has 1 aliphatic carbocycles. The van der Waals surface area contributed by atoms with Crippen LogP contribution in [0.3, 0.4) is 0 Å². The minimum Gasteiger partial charge on any atom is -0.267 e. The summed E-state index contributed by atoms with van der Waals surface area (Å²) in [5.74, 6) is -0.932. The van der Waals surface area contributed by atoms with Crippen LogP contribution in [-0.4, -0.2) is 47.3 Å². The molecule has 37 heavy (non-hydrogen) atoms. The Bertz CT molecular complexity index is 1320. The first-order valence-corrected chi connectivity index (χ1v) is 13.8. The van der Waals surface area contributed by atoms with E-state index in [9.17, 15) is 26.0 Å². The van der Waals surface area contributed by atoms with Gasteiger partial charge in [0.05, 0.1) is 16.9 Å². The zero-order valence-electron chi connectivity index (χ0n) is 20.7. The Labute approximate surface area is 219 Å². The van der Waals surface area contributed by atoms with Gasteiger partial charge < -0.3 is 0 Å². The molecule has 0 radical (unpaired) electrons. The highest BCUT2D eigenvalue weighted by atomic mass is 35.5. The number of rotatable bonds is 5. The van der Waals surface area contributed by atoms with Crippen molar-refractivity contribution in [3.8, 4) is 11.3 Å². The third-order valence-corrected chi connectivity index (χ3v) is 9.32. The van der Waals surface area contributed by atoms with Gasteiger partial charge in [-0.05, 0) is 72.2 Å². The minimum atomic E-state index is -4.64. The maximum Gasteiger partial charge on any atom is 0.402 e. The van der Waals surface area contributed by atoms with Crippen molar-refractivity contribution in [3.63, 3.8) is 0 Å². The average Bonchev–Trinajstić information content (AvgIpc) is 3.27. The Kier molecular flexibility index (Phi) is 7.64. The summed E-state index contributed by atoms with van der Waals surface area (Å²) >= 11 is 6.69. The average molecular weight is 561 g/mol. The molecule has 2 aliphatic rings. The molecule has 12 heteroatoms. The summed E-state index contributed by atoms with van der Waals surface area (Å²) in [5.41, 5.74) is 1.97. The molecule has 1 aromatic carbocycles. The molecular weight excluding hydrogens is 532 g/mol. The maximum atomic E-state index is 13.3. The standard InChI is InChI=1S/C25H29ClF4N4O2S/c1-4-19-12-18(7-10-21-13-23(33(3)31-21)17-5-8-20(27)9-6-17)22(26)11-16(2)24(19)14-34(15-25(28,29)30)37(35,36)32-24/h5-10,13,16,19,32H,4,11-12,14-15H2,1-3H3/b10-7+. The molecule has 4 rings (SSSR count). The smallest absolute Gasteiger partial charge is 0.267 e. The molecule has 0 bridgehead atoms. The topological polar surface area (TPSA) is 67.2 Å². The number of aryl methyl sites for hydroxylation is 1. The van der Waals surface area contributed by atoms with Crippen LogP contribution in [0.4, 0.5) is 17.6 Å². The summed E-state index contributed by atoms with van der Waals surface area (Å²) in [5, 5.41) is 5.04. The molecule has 6 nitrogen and oxygen atoms in total. The molecule has 1 fully saturated rings. The van der Waals surface area contributed by atoms with Gasteiger partial charge in [-0.1, -0.05) is 37.9 Å². The molecule has 3 atom stereocenters. The van der Waals surface area contributed by atoms with Crippen molar-refractivity contribution < 1.29 is 26.0 Å². The monoisotopic (exact) mass is 560 g/mol. The predicted octanol–water partition coefficient (Wildman–Crippen LogP) is 5.64. The molecule has 1 saturated heterocycles. The predicted molar refractivity (Wildman–Crippen MR) is 135 cm³/mol. The second kappa shape index (κ2) is 10.2. The van der Waals surface area contributed by atoms with E-state index in [1.807, 2.05) is 26.0 Å². The van der Waals surface area contributed by atoms with E-state index < -0.39 is 28.5 Å². The Morgan fingerprint density at radius 2 is 1.89 bits per heavy atom. The molecule has 1 N–H and O–H groups in total. The number of nitrogens with one attached hydrogen (secondary N) is 1. The van der Waals surface area contributed by atoms with Crippen LogP contribution >= 0.6 is 11.6 Å². The Morgan fingerprint density at radius 3 is 2.51 bits per heavy atom. The van der Waals surface area contributed by atoms with Crippen molar-refractivity contribution >= 4 is 27.9 Å². The zero-order valence-corrected chi connectivity index (χ0v) is 22.3. The zero-order chi connectivity index (χ0) is 27.2. The molecule has 0 saturated carbocycles. The highest BCUT2D eigenvalue weighted by Gasteiger charge is 2.56. The van der Waals surface area contributed by atoms with Gasteiger partial charge in [0.1, 0.15) is 12.4 Å². The molecule has 0 amide bonds. The lowest BCUT2D eigenvalue weighted by Gasteiger charge is -2.39. The largest absolute Gasteiger partial charge is 0.402 e.